The Morgan fingerprint density at radius 2 is 1.81 bits per heavy atom. The summed E-state index contributed by atoms with van der Waals surface area (Å²) in [4.78, 5) is 34.6. The molecule has 1 amide bonds. The summed E-state index contributed by atoms with van der Waals surface area (Å²) in [6.45, 7) is 0.672. The Bertz CT molecular complexity index is 1120. The SMILES string of the molecule is O=C(c1coc2ccccc2c1=O)N(Cc1ccccc1)Cc1cnc[nH]1. The third-order valence-electron chi connectivity index (χ3n) is 4.33. The average Bonchev–Trinajstić information content (AvgIpc) is 3.21. The highest BCUT2D eigenvalue weighted by Gasteiger charge is 2.22. The third kappa shape index (κ3) is 3.50. The van der Waals surface area contributed by atoms with Crippen molar-refractivity contribution < 1.29 is 9.21 Å². The first-order valence-corrected chi connectivity index (χ1v) is 8.53. The number of para-hydroxylation sites is 1. The molecular weight excluding hydrogens is 342 g/mol. The third-order valence-corrected chi connectivity index (χ3v) is 4.33. The normalized spacial score (nSPS) is 10.8. The molecule has 0 aliphatic rings. The van der Waals surface area contributed by atoms with Gasteiger partial charge in [0.25, 0.3) is 5.91 Å². The van der Waals surface area contributed by atoms with Crippen LogP contribution < -0.4 is 5.43 Å². The van der Waals surface area contributed by atoms with Crippen molar-refractivity contribution in [3.05, 3.63) is 100 Å². The topological polar surface area (TPSA) is 79.2 Å². The van der Waals surface area contributed by atoms with Crippen LogP contribution in [0, 0.1) is 0 Å². The smallest absolute Gasteiger partial charge is 0.261 e. The van der Waals surface area contributed by atoms with Gasteiger partial charge in [-0.05, 0) is 17.7 Å². The van der Waals surface area contributed by atoms with E-state index in [9.17, 15) is 9.59 Å². The van der Waals surface area contributed by atoms with Crippen molar-refractivity contribution in [3.63, 3.8) is 0 Å². The number of aromatic nitrogens is 2. The van der Waals surface area contributed by atoms with Crippen molar-refractivity contribution in [2.24, 2.45) is 0 Å². The van der Waals surface area contributed by atoms with Gasteiger partial charge in [0.1, 0.15) is 17.4 Å². The zero-order valence-electron chi connectivity index (χ0n) is 14.5. The number of aromatic amines is 1. The first kappa shape index (κ1) is 16.8. The van der Waals surface area contributed by atoms with Crippen molar-refractivity contribution in [1.29, 1.82) is 0 Å². The summed E-state index contributed by atoms with van der Waals surface area (Å²) in [5, 5.41) is 0.393. The summed E-state index contributed by atoms with van der Waals surface area (Å²) in [7, 11) is 0. The first-order valence-electron chi connectivity index (χ1n) is 8.53. The molecule has 0 atom stereocenters. The number of nitrogens with one attached hydrogen (secondary N) is 1. The summed E-state index contributed by atoms with van der Waals surface area (Å²) in [5.74, 6) is -0.382. The number of carbonyl (C=O) groups is 1. The van der Waals surface area contributed by atoms with E-state index < -0.39 is 0 Å². The Labute approximate surface area is 155 Å². The van der Waals surface area contributed by atoms with Gasteiger partial charge in [0.15, 0.2) is 0 Å². The number of H-pyrrole nitrogens is 1. The number of rotatable bonds is 5. The molecular formula is C21H17N3O3. The standard InChI is InChI=1S/C21H17N3O3/c25-20-17-8-4-5-9-19(17)27-13-18(20)21(26)24(12-16-10-22-14-23-16)11-15-6-2-1-3-7-15/h1-10,13-14H,11-12H2,(H,22,23). The lowest BCUT2D eigenvalue weighted by Gasteiger charge is -2.22. The number of hydrogen-bond donors (Lipinski definition) is 1. The van der Waals surface area contributed by atoms with Crippen LogP contribution >= 0.6 is 0 Å². The molecule has 6 heteroatoms. The van der Waals surface area contributed by atoms with Crippen LogP contribution in [0.4, 0.5) is 0 Å². The fraction of sp³-hybridized carbons (Fsp3) is 0.0952. The van der Waals surface area contributed by atoms with Crippen LogP contribution in [0.1, 0.15) is 21.6 Å². The van der Waals surface area contributed by atoms with Crippen LogP contribution in [0.15, 0.2) is 82.6 Å². The van der Waals surface area contributed by atoms with Gasteiger partial charge >= 0.3 is 0 Å². The van der Waals surface area contributed by atoms with Crippen LogP contribution in [0.5, 0.6) is 0 Å². The second-order valence-corrected chi connectivity index (χ2v) is 6.20. The van der Waals surface area contributed by atoms with Crippen LogP contribution in [0.2, 0.25) is 0 Å². The Kier molecular flexibility index (Phi) is 4.53. The summed E-state index contributed by atoms with van der Waals surface area (Å²) in [5.41, 5.74) is 1.90. The molecule has 0 spiro atoms. The van der Waals surface area contributed by atoms with Crippen LogP contribution in [-0.2, 0) is 13.1 Å². The van der Waals surface area contributed by atoms with Gasteiger partial charge in [-0.25, -0.2) is 4.98 Å². The highest BCUT2D eigenvalue weighted by atomic mass is 16.3. The molecule has 0 aliphatic heterocycles. The van der Waals surface area contributed by atoms with E-state index in [0.29, 0.717) is 24.1 Å². The summed E-state index contributed by atoms with van der Waals surface area (Å²) >= 11 is 0. The molecule has 0 bridgehead atoms. The van der Waals surface area contributed by atoms with Crippen LogP contribution in [-0.4, -0.2) is 20.8 Å². The zero-order chi connectivity index (χ0) is 18.6. The molecule has 4 aromatic rings. The van der Waals surface area contributed by atoms with Gasteiger partial charge < -0.3 is 14.3 Å². The molecule has 2 aromatic carbocycles. The van der Waals surface area contributed by atoms with Gasteiger partial charge in [0.05, 0.1) is 24.0 Å². The molecule has 0 saturated carbocycles. The second kappa shape index (κ2) is 7.29. The minimum absolute atomic E-state index is 0.0177. The molecule has 0 radical (unpaired) electrons. The molecule has 134 valence electrons. The number of benzene rings is 2. The quantitative estimate of drug-likeness (QED) is 0.593. The molecule has 4 rings (SSSR count). The van der Waals surface area contributed by atoms with Crippen molar-refractivity contribution in [3.8, 4) is 0 Å². The van der Waals surface area contributed by atoms with Crippen molar-refractivity contribution in [2.45, 2.75) is 13.1 Å². The molecule has 2 heterocycles. The number of hydrogen-bond acceptors (Lipinski definition) is 4. The maximum absolute atomic E-state index is 13.2. The van der Waals surface area contributed by atoms with E-state index in [4.69, 9.17) is 4.42 Å². The van der Waals surface area contributed by atoms with Crippen LogP contribution in [0.3, 0.4) is 0 Å². The molecule has 27 heavy (non-hydrogen) atoms. The highest BCUT2D eigenvalue weighted by Crippen LogP contribution is 2.15. The lowest BCUT2D eigenvalue weighted by atomic mass is 10.1. The van der Waals surface area contributed by atoms with Crippen molar-refractivity contribution in [1.82, 2.24) is 14.9 Å². The fourth-order valence-electron chi connectivity index (χ4n) is 2.98. The van der Waals surface area contributed by atoms with Gasteiger partial charge in [-0.1, -0.05) is 42.5 Å². The average molecular weight is 359 g/mol. The minimum Gasteiger partial charge on any atom is -0.463 e. The Morgan fingerprint density at radius 1 is 1.04 bits per heavy atom. The highest BCUT2D eigenvalue weighted by molar-refractivity contribution is 5.96. The maximum Gasteiger partial charge on any atom is 0.261 e. The number of carbonyl (C=O) groups excluding carboxylic acids is 1. The monoisotopic (exact) mass is 359 g/mol. The largest absolute Gasteiger partial charge is 0.463 e. The zero-order valence-corrected chi connectivity index (χ0v) is 14.5. The number of imidazole rings is 1. The lowest BCUT2D eigenvalue weighted by Crippen LogP contribution is -2.33. The van der Waals surface area contributed by atoms with E-state index in [2.05, 4.69) is 9.97 Å². The molecule has 0 saturated heterocycles. The summed E-state index contributed by atoms with van der Waals surface area (Å²) < 4.78 is 5.51. The van der Waals surface area contributed by atoms with Gasteiger partial charge in [0, 0.05) is 12.7 Å². The maximum atomic E-state index is 13.2. The molecule has 0 unspecified atom stereocenters. The van der Waals surface area contributed by atoms with Crippen molar-refractivity contribution >= 4 is 16.9 Å². The number of amides is 1. The Morgan fingerprint density at radius 3 is 2.59 bits per heavy atom. The van der Waals surface area contributed by atoms with E-state index in [1.54, 1.807) is 41.7 Å². The Hall–Kier alpha value is -3.67. The first-order chi connectivity index (χ1) is 13.2. The van der Waals surface area contributed by atoms with E-state index in [-0.39, 0.29) is 16.9 Å². The van der Waals surface area contributed by atoms with Crippen molar-refractivity contribution in [2.75, 3.05) is 0 Å². The minimum atomic E-state index is -0.382. The lowest BCUT2D eigenvalue weighted by molar-refractivity contribution is 0.0724. The van der Waals surface area contributed by atoms with Crippen LogP contribution in [0.25, 0.3) is 11.0 Å². The number of fused-ring (bicyclic) bond motifs is 1. The summed E-state index contributed by atoms with van der Waals surface area (Å²) in [6, 6.07) is 16.5. The van der Waals surface area contributed by atoms with E-state index in [1.807, 2.05) is 30.3 Å². The summed E-state index contributed by atoms with van der Waals surface area (Å²) in [6.07, 6.45) is 4.47. The molecule has 6 nitrogen and oxygen atoms in total. The molecule has 2 aromatic heterocycles. The van der Waals surface area contributed by atoms with Gasteiger partial charge in [-0.3, -0.25) is 9.59 Å². The van der Waals surface area contributed by atoms with Gasteiger partial charge in [0.2, 0.25) is 5.43 Å². The molecule has 0 fully saturated rings. The second-order valence-electron chi connectivity index (χ2n) is 6.20. The predicted molar refractivity (Wildman–Crippen MR) is 101 cm³/mol. The number of nitrogens with zero attached hydrogens (tertiary/aromatic N) is 2. The molecule has 0 aliphatic carbocycles. The van der Waals surface area contributed by atoms with Gasteiger partial charge in [-0.2, -0.15) is 0 Å². The van der Waals surface area contributed by atoms with E-state index in [0.717, 1.165) is 11.3 Å². The van der Waals surface area contributed by atoms with E-state index in [1.165, 1.54) is 6.26 Å². The molecule has 1 N–H and O–H groups in total. The predicted octanol–water partition coefficient (Wildman–Crippen LogP) is 3.36. The van der Waals surface area contributed by atoms with Gasteiger partial charge in [-0.15, -0.1) is 0 Å². The van der Waals surface area contributed by atoms with E-state index >= 15 is 0 Å². The Balaban J connectivity index is 1.71. The fourth-order valence-corrected chi connectivity index (χ4v) is 2.98.